The van der Waals surface area contributed by atoms with E-state index >= 15 is 0 Å². The number of nitrogens with zero attached hydrogens (tertiary/aromatic N) is 7. The number of hydrogen-bond donors (Lipinski definition) is 0. The molecule has 0 spiro atoms. The maximum atomic E-state index is 13.6. The van der Waals surface area contributed by atoms with Crippen molar-refractivity contribution in [2.75, 3.05) is 18.0 Å². The van der Waals surface area contributed by atoms with Crippen molar-refractivity contribution < 1.29 is 17.9 Å². The topological polar surface area (TPSA) is 81.9 Å². The van der Waals surface area contributed by atoms with Crippen LogP contribution in [-0.4, -0.2) is 55.1 Å². The second-order valence-corrected chi connectivity index (χ2v) is 11.0. The fraction of sp³-hybridized carbons (Fsp3) is 0.625. The third-order valence-electron chi connectivity index (χ3n) is 8.11. The van der Waals surface area contributed by atoms with Crippen LogP contribution < -0.4 is 4.90 Å². The molecule has 1 saturated heterocycles. The first-order valence-electron chi connectivity index (χ1n) is 12.2. The van der Waals surface area contributed by atoms with Gasteiger partial charge in [0.15, 0.2) is 5.65 Å². The lowest BCUT2D eigenvalue weighted by Gasteiger charge is -2.70. The highest BCUT2D eigenvalue weighted by molar-refractivity contribution is 5.76. The number of alkyl halides is 3. The molecule has 3 aromatic rings. The largest absolute Gasteiger partial charge is 0.394 e. The van der Waals surface area contributed by atoms with Crippen LogP contribution in [0.2, 0.25) is 0 Å². The summed E-state index contributed by atoms with van der Waals surface area (Å²) in [6, 6.07) is 0.488. The van der Waals surface area contributed by atoms with E-state index < -0.39 is 17.0 Å². The van der Waals surface area contributed by atoms with E-state index in [9.17, 15) is 13.2 Å². The molecule has 0 radical (unpaired) electrons. The lowest BCUT2D eigenvalue weighted by molar-refractivity contribution is -0.337. The van der Waals surface area contributed by atoms with Crippen molar-refractivity contribution >= 4 is 17.1 Å². The Morgan fingerprint density at radius 1 is 1.06 bits per heavy atom. The predicted molar refractivity (Wildman–Crippen MR) is 120 cm³/mol. The number of morpholine rings is 1. The summed E-state index contributed by atoms with van der Waals surface area (Å²) in [6.07, 6.45) is 3.59. The summed E-state index contributed by atoms with van der Waals surface area (Å²) in [4.78, 5) is 20.7. The summed E-state index contributed by atoms with van der Waals surface area (Å²) >= 11 is 0. The van der Waals surface area contributed by atoms with Crippen LogP contribution in [-0.2, 0) is 10.2 Å². The SMILES string of the molecule is Cc1cnc2c(C34CC(C(F)(F)F)(C3)C4)nc(N3C[C@H](C)O[C@@H](c4cnn(C5CC5)c4)C3)nc2n1. The van der Waals surface area contributed by atoms with Gasteiger partial charge in [0.05, 0.1) is 41.7 Å². The molecule has 2 bridgehead atoms. The zero-order valence-corrected chi connectivity index (χ0v) is 19.6. The Morgan fingerprint density at radius 2 is 1.83 bits per heavy atom. The summed E-state index contributed by atoms with van der Waals surface area (Å²) in [5.41, 5.74) is 1.11. The second kappa shape index (κ2) is 6.89. The number of fused-ring (bicyclic) bond motifs is 1. The third kappa shape index (κ3) is 3.19. The first kappa shape index (κ1) is 21.5. The quantitative estimate of drug-likeness (QED) is 0.548. The highest BCUT2D eigenvalue weighted by atomic mass is 19.4. The minimum atomic E-state index is -4.18. The van der Waals surface area contributed by atoms with Crippen LogP contribution in [0.3, 0.4) is 0 Å². The average molecular weight is 486 g/mol. The normalized spacial score (nSPS) is 32.4. The highest BCUT2D eigenvalue weighted by Gasteiger charge is 2.79. The van der Waals surface area contributed by atoms with E-state index in [2.05, 4.69) is 26.2 Å². The number of rotatable bonds is 4. The maximum Gasteiger partial charge on any atom is 0.394 e. The molecule has 0 aromatic carbocycles. The molecule has 0 N–H and O–H groups in total. The van der Waals surface area contributed by atoms with Crippen LogP contribution in [0.5, 0.6) is 0 Å². The second-order valence-electron chi connectivity index (χ2n) is 11.0. The number of aryl methyl sites for hydroxylation is 1. The molecule has 3 aromatic heterocycles. The fourth-order valence-corrected chi connectivity index (χ4v) is 6.19. The van der Waals surface area contributed by atoms with Crippen molar-refractivity contribution in [2.45, 2.75) is 75.8 Å². The summed E-state index contributed by atoms with van der Waals surface area (Å²) in [5.74, 6) is 0.480. The van der Waals surface area contributed by atoms with Gasteiger partial charge in [-0.15, -0.1) is 0 Å². The van der Waals surface area contributed by atoms with Crippen LogP contribution in [0.15, 0.2) is 18.6 Å². The fourth-order valence-electron chi connectivity index (χ4n) is 6.19. The maximum absolute atomic E-state index is 13.6. The molecule has 8 nitrogen and oxygen atoms in total. The Hall–Kier alpha value is -2.82. The number of ether oxygens (including phenoxy) is 1. The molecule has 2 atom stereocenters. The van der Waals surface area contributed by atoms with Crippen molar-refractivity contribution in [3.05, 3.63) is 35.5 Å². The zero-order chi connectivity index (χ0) is 24.2. The highest BCUT2D eigenvalue weighted by Crippen LogP contribution is 2.78. The number of anilines is 1. The smallest absolute Gasteiger partial charge is 0.367 e. The predicted octanol–water partition coefficient (Wildman–Crippen LogP) is 4.21. The molecule has 0 unspecified atom stereocenters. The van der Waals surface area contributed by atoms with Crippen molar-refractivity contribution in [1.82, 2.24) is 29.7 Å². The van der Waals surface area contributed by atoms with E-state index in [0.717, 1.165) is 18.4 Å². The van der Waals surface area contributed by atoms with E-state index in [1.165, 1.54) is 0 Å². The van der Waals surface area contributed by atoms with Gasteiger partial charge in [-0.1, -0.05) is 0 Å². The summed E-state index contributed by atoms with van der Waals surface area (Å²) < 4.78 is 48.9. The van der Waals surface area contributed by atoms with Crippen LogP contribution >= 0.6 is 0 Å². The van der Waals surface area contributed by atoms with Gasteiger partial charge < -0.3 is 9.64 Å². The lowest BCUT2D eigenvalue weighted by Crippen LogP contribution is -2.70. The molecule has 5 aliphatic rings. The number of hydrogen-bond acceptors (Lipinski definition) is 7. The van der Waals surface area contributed by atoms with Crippen molar-refractivity contribution in [3.8, 4) is 0 Å². The van der Waals surface area contributed by atoms with Gasteiger partial charge in [0.25, 0.3) is 0 Å². The number of halogens is 3. The Kier molecular flexibility index (Phi) is 4.23. The van der Waals surface area contributed by atoms with Crippen LogP contribution in [0.25, 0.3) is 11.2 Å². The molecule has 5 fully saturated rings. The van der Waals surface area contributed by atoms with Crippen LogP contribution in [0.1, 0.15) is 68.1 Å². The molecule has 1 aliphatic heterocycles. The first-order chi connectivity index (χ1) is 16.6. The van der Waals surface area contributed by atoms with Gasteiger partial charge in [0, 0.05) is 29.9 Å². The van der Waals surface area contributed by atoms with Gasteiger partial charge in [-0.25, -0.2) is 15.0 Å². The minimum Gasteiger partial charge on any atom is -0.367 e. The summed E-state index contributed by atoms with van der Waals surface area (Å²) in [6.45, 7) is 4.95. The number of aromatic nitrogens is 6. The van der Waals surface area contributed by atoms with Gasteiger partial charge in [-0.2, -0.15) is 23.3 Å². The van der Waals surface area contributed by atoms with E-state index in [-0.39, 0.29) is 31.5 Å². The molecule has 184 valence electrons. The Balaban J connectivity index is 1.24. The molecule has 11 heteroatoms. The van der Waals surface area contributed by atoms with Gasteiger partial charge >= 0.3 is 6.18 Å². The van der Waals surface area contributed by atoms with Crippen molar-refractivity contribution in [3.63, 3.8) is 0 Å². The Labute approximate surface area is 199 Å². The van der Waals surface area contributed by atoms with Gasteiger partial charge in [0.1, 0.15) is 11.6 Å². The molecule has 0 amide bonds. The van der Waals surface area contributed by atoms with E-state index in [4.69, 9.17) is 14.7 Å². The average Bonchev–Trinajstić information content (AvgIpc) is 3.46. The van der Waals surface area contributed by atoms with Gasteiger partial charge in [0.2, 0.25) is 5.95 Å². The van der Waals surface area contributed by atoms with E-state index in [0.29, 0.717) is 47.6 Å². The zero-order valence-electron chi connectivity index (χ0n) is 19.6. The monoisotopic (exact) mass is 485 g/mol. The Bertz CT molecular complexity index is 1310. The molecule has 4 aliphatic carbocycles. The molecule has 4 heterocycles. The first-order valence-corrected chi connectivity index (χ1v) is 12.2. The van der Waals surface area contributed by atoms with E-state index in [1.807, 2.05) is 24.7 Å². The van der Waals surface area contributed by atoms with E-state index in [1.54, 1.807) is 6.20 Å². The summed E-state index contributed by atoms with van der Waals surface area (Å²) in [5, 5.41) is 4.50. The Morgan fingerprint density at radius 3 is 2.54 bits per heavy atom. The summed E-state index contributed by atoms with van der Waals surface area (Å²) in [7, 11) is 0. The molecular formula is C24H26F3N7O. The lowest BCUT2D eigenvalue weighted by atomic mass is 9.34. The minimum absolute atomic E-state index is 0.0626. The van der Waals surface area contributed by atoms with Crippen molar-refractivity contribution in [2.24, 2.45) is 5.41 Å². The van der Waals surface area contributed by atoms with Gasteiger partial charge in [-0.3, -0.25) is 4.68 Å². The molecule has 35 heavy (non-hydrogen) atoms. The van der Waals surface area contributed by atoms with Crippen molar-refractivity contribution in [1.29, 1.82) is 0 Å². The van der Waals surface area contributed by atoms with Gasteiger partial charge in [-0.05, 0) is 46.0 Å². The molecular weight excluding hydrogens is 459 g/mol. The van der Waals surface area contributed by atoms with Crippen LogP contribution in [0, 0.1) is 12.3 Å². The standard InChI is InChI=1S/C24H26F3N7O/c1-13-5-28-18-19(22-10-23(11-22,12-22)24(25,26)27)31-21(32-20(18)30-13)33-7-14(2)35-17(9-33)15-6-29-34(8-15)16-3-4-16/h5-6,8,14,16-17H,3-4,7,9-12H2,1-2H3/t14-,17+,22?,23?/m0/s1. The van der Waals surface area contributed by atoms with Crippen LogP contribution in [0.4, 0.5) is 19.1 Å². The third-order valence-corrected chi connectivity index (χ3v) is 8.11. The molecule has 8 rings (SSSR count). The molecule has 4 saturated carbocycles.